The van der Waals surface area contributed by atoms with Crippen LogP contribution in [0.5, 0.6) is 0 Å². The van der Waals surface area contributed by atoms with Crippen molar-refractivity contribution in [2.24, 2.45) is 0 Å². The minimum absolute atomic E-state index is 0.0774. The summed E-state index contributed by atoms with van der Waals surface area (Å²) in [5.74, 6) is -0.0774. The maximum atomic E-state index is 12.4. The average Bonchev–Trinajstić information content (AvgIpc) is 3.25. The Bertz CT molecular complexity index is 954. The molecule has 60 heavy (non-hydrogen) atoms. The molecule has 4 nitrogen and oxygen atoms in total. The standard InChI is InChI=1S/C56H105NO3/c1-3-5-7-9-11-13-15-16-17-18-19-20-21-22-23-24-25-26-27-28-29-30-31-32-33-34-35-36-37-38-39-40-42-44-46-48-50-52-56(60)57-54(53-58)55(59)51-49-47-45-43-41-14-12-10-8-6-4-2/h8,10,26-27,41,43,49,51,54-55,58-59H,3-7,9,11-25,28-40,42,44-48,50,52-53H2,1-2H3,(H,57,60)/b10-8+,27-26-,43-41+,51-49+. The summed E-state index contributed by atoms with van der Waals surface area (Å²) in [5, 5.41) is 22.9. The minimum Gasteiger partial charge on any atom is -0.394 e. The first-order chi connectivity index (χ1) is 29.7. The highest BCUT2D eigenvalue weighted by atomic mass is 16.3. The van der Waals surface area contributed by atoms with Crippen LogP contribution in [0, 0.1) is 0 Å². The molecule has 0 radical (unpaired) electrons. The van der Waals surface area contributed by atoms with Crippen molar-refractivity contribution >= 4 is 5.91 Å². The maximum absolute atomic E-state index is 12.4. The van der Waals surface area contributed by atoms with Crippen LogP contribution in [0.1, 0.15) is 284 Å². The molecule has 2 atom stereocenters. The van der Waals surface area contributed by atoms with E-state index in [9.17, 15) is 15.0 Å². The highest BCUT2D eigenvalue weighted by Crippen LogP contribution is 2.17. The van der Waals surface area contributed by atoms with E-state index in [4.69, 9.17) is 0 Å². The fourth-order valence-corrected chi connectivity index (χ4v) is 8.16. The Hall–Kier alpha value is -1.65. The van der Waals surface area contributed by atoms with Gasteiger partial charge in [0.05, 0.1) is 18.8 Å². The molecule has 0 fully saturated rings. The van der Waals surface area contributed by atoms with Gasteiger partial charge in [-0.15, -0.1) is 0 Å². The predicted molar refractivity (Wildman–Crippen MR) is 267 cm³/mol. The van der Waals surface area contributed by atoms with Crippen molar-refractivity contribution < 1.29 is 15.0 Å². The van der Waals surface area contributed by atoms with Crippen molar-refractivity contribution in [1.82, 2.24) is 5.32 Å². The zero-order valence-electron chi connectivity index (χ0n) is 40.5. The topological polar surface area (TPSA) is 69.6 Å². The Kier molecular flexibility index (Phi) is 50.3. The van der Waals surface area contributed by atoms with Gasteiger partial charge in [-0.3, -0.25) is 4.79 Å². The lowest BCUT2D eigenvalue weighted by Gasteiger charge is -2.19. The van der Waals surface area contributed by atoms with E-state index in [2.05, 4.69) is 55.6 Å². The van der Waals surface area contributed by atoms with E-state index >= 15 is 0 Å². The van der Waals surface area contributed by atoms with Gasteiger partial charge in [-0.25, -0.2) is 0 Å². The van der Waals surface area contributed by atoms with E-state index in [1.165, 1.54) is 218 Å². The molecule has 4 heteroatoms. The second-order valence-electron chi connectivity index (χ2n) is 18.3. The number of rotatable bonds is 49. The van der Waals surface area contributed by atoms with Gasteiger partial charge < -0.3 is 15.5 Å². The first-order valence-corrected chi connectivity index (χ1v) is 26.9. The van der Waals surface area contributed by atoms with Gasteiger partial charge in [-0.2, -0.15) is 0 Å². The van der Waals surface area contributed by atoms with E-state index in [0.717, 1.165) is 44.9 Å². The first-order valence-electron chi connectivity index (χ1n) is 26.9. The predicted octanol–water partition coefficient (Wildman–Crippen LogP) is 17.5. The molecule has 0 heterocycles. The highest BCUT2D eigenvalue weighted by molar-refractivity contribution is 5.76. The molecule has 0 aliphatic heterocycles. The van der Waals surface area contributed by atoms with Crippen LogP contribution in [0.2, 0.25) is 0 Å². The number of allylic oxidation sites excluding steroid dienone is 7. The monoisotopic (exact) mass is 840 g/mol. The van der Waals surface area contributed by atoms with Gasteiger partial charge in [0, 0.05) is 6.42 Å². The van der Waals surface area contributed by atoms with Crippen LogP contribution in [-0.2, 0) is 4.79 Å². The Labute approximate surface area is 375 Å². The fraction of sp³-hybridized carbons (Fsp3) is 0.839. The van der Waals surface area contributed by atoms with E-state index in [-0.39, 0.29) is 12.5 Å². The van der Waals surface area contributed by atoms with Gasteiger partial charge in [-0.1, -0.05) is 262 Å². The van der Waals surface area contributed by atoms with Crippen molar-refractivity contribution in [1.29, 1.82) is 0 Å². The molecule has 0 bridgehead atoms. The molecular weight excluding hydrogens is 735 g/mol. The molecule has 3 N–H and O–H groups in total. The Morgan fingerprint density at radius 1 is 0.383 bits per heavy atom. The number of aliphatic hydroxyl groups is 2. The second-order valence-corrected chi connectivity index (χ2v) is 18.3. The zero-order chi connectivity index (χ0) is 43.5. The van der Waals surface area contributed by atoms with Crippen LogP contribution in [0.15, 0.2) is 48.6 Å². The van der Waals surface area contributed by atoms with Gasteiger partial charge in [0.1, 0.15) is 0 Å². The Morgan fingerprint density at radius 2 is 0.683 bits per heavy atom. The van der Waals surface area contributed by atoms with Crippen LogP contribution >= 0.6 is 0 Å². The Balaban J connectivity index is 3.39. The van der Waals surface area contributed by atoms with Crippen LogP contribution < -0.4 is 5.32 Å². The lowest BCUT2D eigenvalue weighted by atomic mass is 10.0. The van der Waals surface area contributed by atoms with Crippen molar-refractivity contribution in [2.75, 3.05) is 6.61 Å². The largest absolute Gasteiger partial charge is 0.394 e. The molecule has 352 valence electrons. The summed E-state index contributed by atoms with van der Waals surface area (Å²) in [5.41, 5.74) is 0. The van der Waals surface area contributed by atoms with Gasteiger partial charge in [0.15, 0.2) is 0 Å². The molecule has 0 saturated heterocycles. The number of amides is 1. The minimum atomic E-state index is -0.868. The van der Waals surface area contributed by atoms with Crippen molar-refractivity contribution in [3.05, 3.63) is 48.6 Å². The highest BCUT2D eigenvalue weighted by Gasteiger charge is 2.17. The van der Waals surface area contributed by atoms with Gasteiger partial charge >= 0.3 is 0 Å². The third-order valence-corrected chi connectivity index (χ3v) is 12.2. The molecule has 0 rings (SSSR count). The van der Waals surface area contributed by atoms with Crippen molar-refractivity contribution in [2.45, 2.75) is 296 Å². The summed E-state index contributed by atoms with van der Waals surface area (Å²) in [6.07, 6.45) is 71.5. The summed E-state index contributed by atoms with van der Waals surface area (Å²) in [4.78, 5) is 12.4. The first kappa shape index (κ1) is 58.4. The third-order valence-electron chi connectivity index (χ3n) is 12.2. The van der Waals surface area contributed by atoms with Crippen molar-refractivity contribution in [3.63, 3.8) is 0 Å². The van der Waals surface area contributed by atoms with Crippen molar-refractivity contribution in [3.8, 4) is 0 Å². The quantitative estimate of drug-likeness (QED) is 0.0422. The molecule has 0 aliphatic carbocycles. The zero-order valence-corrected chi connectivity index (χ0v) is 40.5. The Morgan fingerprint density at radius 3 is 1.03 bits per heavy atom. The van der Waals surface area contributed by atoms with E-state index in [1.54, 1.807) is 6.08 Å². The summed E-state index contributed by atoms with van der Waals surface area (Å²) in [6.45, 7) is 4.23. The van der Waals surface area contributed by atoms with Crippen LogP contribution in [0.4, 0.5) is 0 Å². The molecule has 2 unspecified atom stereocenters. The number of hydrogen-bond donors (Lipinski definition) is 3. The van der Waals surface area contributed by atoms with Gasteiger partial charge in [0.2, 0.25) is 5.91 Å². The number of carbonyl (C=O) groups is 1. The van der Waals surface area contributed by atoms with E-state index in [1.807, 2.05) is 6.08 Å². The number of carbonyl (C=O) groups excluding carboxylic acids is 1. The number of aliphatic hydroxyl groups excluding tert-OH is 2. The molecule has 0 aliphatic rings. The lowest BCUT2D eigenvalue weighted by molar-refractivity contribution is -0.123. The smallest absolute Gasteiger partial charge is 0.220 e. The van der Waals surface area contributed by atoms with E-state index in [0.29, 0.717) is 6.42 Å². The molecule has 0 saturated carbocycles. The molecular formula is C56H105NO3. The molecule has 0 aromatic rings. The summed E-state index contributed by atoms with van der Waals surface area (Å²) >= 11 is 0. The normalized spacial score (nSPS) is 13.2. The molecule has 0 aromatic carbocycles. The van der Waals surface area contributed by atoms with Crippen LogP contribution in [-0.4, -0.2) is 34.9 Å². The summed E-state index contributed by atoms with van der Waals surface area (Å²) in [7, 11) is 0. The fourth-order valence-electron chi connectivity index (χ4n) is 8.16. The number of unbranched alkanes of at least 4 members (excludes halogenated alkanes) is 36. The van der Waals surface area contributed by atoms with Crippen LogP contribution in [0.3, 0.4) is 0 Å². The summed E-state index contributed by atoms with van der Waals surface area (Å²) in [6, 6.07) is -0.643. The SMILES string of the molecule is CCC/C=C/CC/C=C/CC/C=C/C(O)C(CO)NC(=O)CCCCCCCCCCCCCCCCCCC/C=C\CCCCCCCCCCCCCCCCCC. The lowest BCUT2D eigenvalue weighted by Crippen LogP contribution is -2.45. The van der Waals surface area contributed by atoms with Gasteiger partial charge in [-0.05, 0) is 64.2 Å². The van der Waals surface area contributed by atoms with E-state index < -0.39 is 12.1 Å². The third kappa shape index (κ3) is 47.4. The molecule has 0 aromatic heterocycles. The maximum Gasteiger partial charge on any atom is 0.220 e. The van der Waals surface area contributed by atoms with Gasteiger partial charge in [0.25, 0.3) is 0 Å². The number of hydrogen-bond acceptors (Lipinski definition) is 3. The second kappa shape index (κ2) is 51.7. The summed E-state index contributed by atoms with van der Waals surface area (Å²) < 4.78 is 0. The number of nitrogens with one attached hydrogen (secondary N) is 1. The molecule has 0 spiro atoms. The van der Waals surface area contributed by atoms with Crippen LogP contribution in [0.25, 0.3) is 0 Å². The average molecular weight is 840 g/mol. The molecule has 1 amide bonds.